The van der Waals surface area contributed by atoms with Crippen LogP contribution in [0.5, 0.6) is 0 Å². The third-order valence-corrected chi connectivity index (χ3v) is 4.33. The third kappa shape index (κ3) is 1.91. The molecule has 0 bridgehead atoms. The second-order valence-corrected chi connectivity index (χ2v) is 5.45. The molecule has 2 nitrogen and oxygen atoms in total. The number of rotatable bonds is 1. The summed E-state index contributed by atoms with van der Waals surface area (Å²) in [5, 5.41) is 0. The summed E-state index contributed by atoms with van der Waals surface area (Å²) in [6.45, 7) is 7.39. The summed E-state index contributed by atoms with van der Waals surface area (Å²) in [4.78, 5) is 5.32. The minimum absolute atomic E-state index is 0.849. The van der Waals surface area contributed by atoms with E-state index in [9.17, 15) is 0 Å². The highest BCUT2D eigenvalue weighted by molar-refractivity contribution is 5.22. The Morgan fingerprint density at radius 1 is 1.12 bits per heavy atom. The van der Waals surface area contributed by atoms with Crippen molar-refractivity contribution >= 4 is 0 Å². The van der Waals surface area contributed by atoms with Gasteiger partial charge < -0.3 is 4.90 Å². The second kappa shape index (κ2) is 4.25. The van der Waals surface area contributed by atoms with Gasteiger partial charge in [-0.25, -0.2) is 0 Å². The predicted octanol–water partition coefficient (Wildman–Crippen LogP) is 2.39. The van der Waals surface area contributed by atoms with Gasteiger partial charge in [-0.2, -0.15) is 0 Å². The number of allylic oxidation sites excluding steroid dienone is 4. The number of hydrogen-bond donors (Lipinski definition) is 0. The van der Waals surface area contributed by atoms with Crippen molar-refractivity contribution in [2.75, 3.05) is 26.2 Å². The van der Waals surface area contributed by atoms with E-state index >= 15 is 0 Å². The minimum atomic E-state index is 0.849. The second-order valence-electron chi connectivity index (χ2n) is 5.45. The summed E-state index contributed by atoms with van der Waals surface area (Å²) in [5.41, 5.74) is 3.11. The van der Waals surface area contributed by atoms with Gasteiger partial charge in [-0.05, 0) is 45.2 Å². The molecule has 1 unspecified atom stereocenters. The van der Waals surface area contributed by atoms with Crippen LogP contribution in [0.1, 0.15) is 32.6 Å². The van der Waals surface area contributed by atoms with Gasteiger partial charge in [0.25, 0.3) is 0 Å². The summed E-state index contributed by atoms with van der Waals surface area (Å²) < 4.78 is 0. The average molecular weight is 218 g/mol. The first-order chi connectivity index (χ1) is 7.83. The maximum absolute atomic E-state index is 2.68. The van der Waals surface area contributed by atoms with Crippen LogP contribution >= 0.6 is 0 Å². The Balaban J connectivity index is 1.68. The molecule has 0 aromatic heterocycles. The Labute approximate surface area is 98.6 Å². The van der Waals surface area contributed by atoms with E-state index in [1.807, 2.05) is 0 Å². The van der Waals surface area contributed by atoms with Crippen LogP contribution in [0.25, 0.3) is 0 Å². The highest BCUT2D eigenvalue weighted by Crippen LogP contribution is 2.27. The molecule has 88 valence electrons. The Bertz CT molecular complexity index is 330. The lowest BCUT2D eigenvalue weighted by Gasteiger charge is -2.40. The van der Waals surface area contributed by atoms with Crippen molar-refractivity contribution in [3.63, 3.8) is 0 Å². The van der Waals surface area contributed by atoms with Gasteiger partial charge in [-0.1, -0.05) is 11.6 Å². The molecule has 2 saturated heterocycles. The standard InChI is InChI=1S/C14H22N2/c1-12-4-6-13(7-5-12)16-10-9-15-8-2-3-14(15)11-16/h4,6,14H,2-3,5,7-11H2,1H3. The van der Waals surface area contributed by atoms with Gasteiger partial charge in [0.1, 0.15) is 0 Å². The highest BCUT2D eigenvalue weighted by atomic mass is 15.3. The lowest BCUT2D eigenvalue weighted by molar-refractivity contribution is 0.126. The first-order valence-electron chi connectivity index (χ1n) is 6.68. The first kappa shape index (κ1) is 10.4. The van der Waals surface area contributed by atoms with Crippen LogP contribution < -0.4 is 0 Å². The summed E-state index contributed by atoms with van der Waals surface area (Å²) in [6.07, 6.45) is 10.0. The fourth-order valence-corrected chi connectivity index (χ4v) is 3.25. The summed E-state index contributed by atoms with van der Waals surface area (Å²) >= 11 is 0. The third-order valence-electron chi connectivity index (χ3n) is 4.33. The maximum Gasteiger partial charge on any atom is 0.0331 e. The molecular formula is C14H22N2. The van der Waals surface area contributed by atoms with Crippen molar-refractivity contribution in [2.45, 2.75) is 38.6 Å². The zero-order valence-electron chi connectivity index (χ0n) is 10.3. The van der Waals surface area contributed by atoms with Crippen molar-refractivity contribution < 1.29 is 0 Å². The van der Waals surface area contributed by atoms with E-state index in [0.717, 1.165) is 6.04 Å². The molecule has 1 aliphatic carbocycles. The van der Waals surface area contributed by atoms with Gasteiger partial charge in [0.2, 0.25) is 0 Å². The van der Waals surface area contributed by atoms with Crippen molar-refractivity contribution in [1.29, 1.82) is 0 Å². The average Bonchev–Trinajstić information content (AvgIpc) is 2.77. The minimum Gasteiger partial charge on any atom is -0.372 e. The Kier molecular flexibility index (Phi) is 2.76. The van der Waals surface area contributed by atoms with Crippen molar-refractivity contribution in [2.24, 2.45) is 0 Å². The van der Waals surface area contributed by atoms with E-state index in [1.165, 1.54) is 57.4 Å². The number of fused-ring (bicyclic) bond motifs is 1. The molecule has 0 N–H and O–H groups in total. The SMILES string of the molecule is CC1=CC=C(N2CCN3CCCC3C2)CC1. The zero-order chi connectivity index (χ0) is 11.0. The predicted molar refractivity (Wildman–Crippen MR) is 67.2 cm³/mol. The molecule has 0 saturated carbocycles. The fourth-order valence-electron chi connectivity index (χ4n) is 3.25. The van der Waals surface area contributed by atoms with Gasteiger partial charge in [-0.15, -0.1) is 0 Å². The Morgan fingerprint density at radius 3 is 2.88 bits per heavy atom. The Morgan fingerprint density at radius 2 is 2.06 bits per heavy atom. The van der Waals surface area contributed by atoms with E-state index in [0.29, 0.717) is 0 Å². The molecule has 3 rings (SSSR count). The van der Waals surface area contributed by atoms with Gasteiger partial charge >= 0.3 is 0 Å². The molecular weight excluding hydrogens is 196 g/mol. The van der Waals surface area contributed by atoms with Crippen LogP contribution in [-0.2, 0) is 0 Å². The normalized spacial score (nSPS) is 31.1. The van der Waals surface area contributed by atoms with Crippen LogP contribution in [0.3, 0.4) is 0 Å². The van der Waals surface area contributed by atoms with E-state index in [4.69, 9.17) is 0 Å². The van der Waals surface area contributed by atoms with E-state index < -0.39 is 0 Å². The topological polar surface area (TPSA) is 6.48 Å². The van der Waals surface area contributed by atoms with Gasteiger partial charge in [0, 0.05) is 31.4 Å². The smallest absolute Gasteiger partial charge is 0.0331 e. The first-order valence-corrected chi connectivity index (χ1v) is 6.68. The summed E-state index contributed by atoms with van der Waals surface area (Å²) in [5.74, 6) is 0. The molecule has 2 fully saturated rings. The van der Waals surface area contributed by atoms with Crippen molar-refractivity contribution in [1.82, 2.24) is 9.80 Å². The highest BCUT2D eigenvalue weighted by Gasteiger charge is 2.31. The van der Waals surface area contributed by atoms with Gasteiger partial charge in [-0.3, -0.25) is 4.90 Å². The van der Waals surface area contributed by atoms with Gasteiger partial charge in [0.15, 0.2) is 0 Å². The molecule has 2 heterocycles. The van der Waals surface area contributed by atoms with Gasteiger partial charge in [0.05, 0.1) is 0 Å². The monoisotopic (exact) mass is 218 g/mol. The lowest BCUT2D eigenvalue weighted by atomic mass is 10.0. The number of hydrogen-bond acceptors (Lipinski definition) is 2. The van der Waals surface area contributed by atoms with Crippen molar-refractivity contribution in [3.05, 3.63) is 23.4 Å². The van der Waals surface area contributed by atoms with E-state index in [2.05, 4.69) is 28.9 Å². The zero-order valence-corrected chi connectivity index (χ0v) is 10.3. The molecule has 1 atom stereocenters. The van der Waals surface area contributed by atoms with Crippen molar-refractivity contribution in [3.8, 4) is 0 Å². The molecule has 0 spiro atoms. The number of nitrogens with zero attached hydrogens (tertiary/aromatic N) is 2. The molecule has 3 aliphatic rings. The van der Waals surface area contributed by atoms with Crippen LogP contribution in [0, 0.1) is 0 Å². The lowest BCUT2D eigenvalue weighted by Crippen LogP contribution is -2.49. The molecule has 2 heteroatoms. The maximum atomic E-state index is 2.68. The molecule has 2 aliphatic heterocycles. The van der Waals surface area contributed by atoms with E-state index in [-0.39, 0.29) is 0 Å². The largest absolute Gasteiger partial charge is 0.372 e. The molecule has 0 amide bonds. The molecule has 0 radical (unpaired) electrons. The fraction of sp³-hybridized carbons (Fsp3) is 0.714. The molecule has 0 aromatic rings. The number of piperazine rings is 1. The van der Waals surface area contributed by atoms with Crippen LogP contribution in [0.15, 0.2) is 23.4 Å². The van der Waals surface area contributed by atoms with E-state index in [1.54, 1.807) is 5.70 Å². The van der Waals surface area contributed by atoms with Crippen LogP contribution in [0.4, 0.5) is 0 Å². The quantitative estimate of drug-likeness (QED) is 0.667. The summed E-state index contributed by atoms with van der Waals surface area (Å²) in [7, 11) is 0. The Hall–Kier alpha value is -0.760. The molecule has 16 heavy (non-hydrogen) atoms. The summed E-state index contributed by atoms with van der Waals surface area (Å²) in [6, 6.07) is 0.849. The molecule has 0 aromatic carbocycles. The van der Waals surface area contributed by atoms with Crippen LogP contribution in [0.2, 0.25) is 0 Å². The van der Waals surface area contributed by atoms with Crippen LogP contribution in [-0.4, -0.2) is 42.0 Å².